The van der Waals surface area contributed by atoms with Crippen molar-refractivity contribution >= 4 is 17.9 Å². The molecule has 3 amide bonds. The summed E-state index contributed by atoms with van der Waals surface area (Å²) in [6, 6.07) is 35.2. The summed E-state index contributed by atoms with van der Waals surface area (Å²) < 4.78 is 11.2. The molecule has 0 heterocycles. The van der Waals surface area contributed by atoms with Crippen molar-refractivity contribution < 1.29 is 23.9 Å². The van der Waals surface area contributed by atoms with Gasteiger partial charge in [0.1, 0.15) is 24.0 Å². The van der Waals surface area contributed by atoms with Crippen LogP contribution < -0.4 is 20.7 Å². The number of benzene rings is 4. The molecule has 0 aromatic heterocycles. The van der Waals surface area contributed by atoms with Crippen molar-refractivity contribution in [2.75, 3.05) is 6.54 Å². The van der Waals surface area contributed by atoms with Gasteiger partial charge in [-0.15, -0.1) is 0 Å². The molecule has 0 aliphatic carbocycles. The number of alkyl carbamates (subject to hydrolysis) is 1. The molecule has 0 aliphatic rings. The highest BCUT2D eigenvalue weighted by Crippen LogP contribution is 2.25. The van der Waals surface area contributed by atoms with Crippen LogP contribution in [0.4, 0.5) is 4.79 Å². The highest BCUT2D eigenvalue weighted by molar-refractivity contribution is 5.92. The number of hydrogen-bond donors (Lipinski definition) is 3. The molecular weight excluding hydrogens is 578 g/mol. The lowest BCUT2D eigenvalue weighted by molar-refractivity contribution is -0.129. The Hall–Kier alpha value is -5.11. The van der Waals surface area contributed by atoms with Gasteiger partial charge < -0.3 is 25.4 Å². The fourth-order valence-electron chi connectivity index (χ4n) is 4.92. The highest BCUT2D eigenvalue weighted by atomic mass is 16.5. The lowest BCUT2D eigenvalue weighted by Gasteiger charge is -2.23. The van der Waals surface area contributed by atoms with Crippen LogP contribution in [0.15, 0.2) is 115 Å². The van der Waals surface area contributed by atoms with Crippen LogP contribution in [0.2, 0.25) is 0 Å². The number of nitrogens with one attached hydrogen (secondary N) is 3. The largest absolute Gasteiger partial charge is 0.488 e. The van der Waals surface area contributed by atoms with E-state index in [9.17, 15) is 14.4 Å². The summed E-state index contributed by atoms with van der Waals surface area (Å²) in [4.78, 5) is 39.6. The fraction of sp³-hybridized carbons (Fsp3) is 0.289. The van der Waals surface area contributed by atoms with Gasteiger partial charge in [0.25, 0.3) is 0 Å². The number of amides is 3. The zero-order valence-electron chi connectivity index (χ0n) is 26.7. The van der Waals surface area contributed by atoms with Crippen molar-refractivity contribution in [1.29, 1.82) is 0 Å². The van der Waals surface area contributed by atoms with Crippen LogP contribution in [0.5, 0.6) is 5.75 Å². The van der Waals surface area contributed by atoms with Gasteiger partial charge in [-0.05, 0) is 68.0 Å². The number of rotatable bonds is 14. The number of hydrogen-bond acceptors (Lipinski definition) is 5. The molecule has 4 aromatic carbocycles. The number of carbonyl (C=O) groups excluding carboxylic acids is 3. The maximum atomic E-state index is 13.9. The van der Waals surface area contributed by atoms with Crippen LogP contribution in [0.3, 0.4) is 0 Å². The van der Waals surface area contributed by atoms with Crippen LogP contribution in [0.1, 0.15) is 61.8 Å². The highest BCUT2D eigenvalue weighted by Gasteiger charge is 2.28. The van der Waals surface area contributed by atoms with Crippen molar-refractivity contribution in [3.8, 4) is 5.75 Å². The van der Waals surface area contributed by atoms with Gasteiger partial charge in [0, 0.05) is 13.1 Å². The van der Waals surface area contributed by atoms with Gasteiger partial charge in [0.2, 0.25) is 11.8 Å². The SMILES string of the molecule is CC(C)(C)Oc1ccc(CNC(=O)[C@@H](CCCNC(=O)OCc2ccccc2)NC(=O)C(c2ccccc2)c2ccccc2)cc1. The molecule has 240 valence electrons. The molecule has 0 fully saturated rings. The van der Waals surface area contributed by atoms with Crippen molar-refractivity contribution in [3.63, 3.8) is 0 Å². The van der Waals surface area contributed by atoms with Gasteiger partial charge >= 0.3 is 6.09 Å². The minimum atomic E-state index is -0.826. The smallest absolute Gasteiger partial charge is 0.407 e. The third kappa shape index (κ3) is 11.1. The summed E-state index contributed by atoms with van der Waals surface area (Å²) in [7, 11) is 0. The van der Waals surface area contributed by atoms with Crippen LogP contribution in [0, 0.1) is 0 Å². The predicted molar refractivity (Wildman–Crippen MR) is 179 cm³/mol. The van der Waals surface area contributed by atoms with E-state index >= 15 is 0 Å². The quantitative estimate of drug-likeness (QED) is 0.139. The Morgan fingerprint density at radius 1 is 0.674 bits per heavy atom. The molecule has 0 spiro atoms. The number of ether oxygens (including phenoxy) is 2. The maximum Gasteiger partial charge on any atom is 0.407 e. The van der Waals surface area contributed by atoms with E-state index in [0.717, 1.165) is 28.0 Å². The van der Waals surface area contributed by atoms with Gasteiger partial charge in [-0.3, -0.25) is 9.59 Å². The molecule has 0 saturated heterocycles. The van der Waals surface area contributed by atoms with Crippen molar-refractivity contribution in [1.82, 2.24) is 16.0 Å². The fourth-order valence-corrected chi connectivity index (χ4v) is 4.92. The molecule has 4 rings (SSSR count). The minimum Gasteiger partial charge on any atom is -0.488 e. The monoisotopic (exact) mass is 621 g/mol. The summed E-state index contributed by atoms with van der Waals surface area (Å²) in [6.45, 7) is 6.68. The first-order chi connectivity index (χ1) is 22.2. The Bertz CT molecular complexity index is 1480. The van der Waals surface area contributed by atoms with E-state index in [1.54, 1.807) is 0 Å². The van der Waals surface area contributed by atoms with Gasteiger partial charge in [-0.25, -0.2) is 4.79 Å². The molecular formula is C38H43N3O5. The van der Waals surface area contributed by atoms with Crippen molar-refractivity contribution in [2.45, 2.75) is 64.3 Å². The molecule has 46 heavy (non-hydrogen) atoms. The van der Waals surface area contributed by atoms with E-state index in [2.05, 4.69) is 16.0 Å². The first kappa shape index (κ1) is 33.8. The summed E-state index contributed by atoms with van der Waals surface area (Å²) in [5, 5.41) is 8.71. The van der Waals surface area contributed by atoms with Crippen LogP contribution in [0.25, 0.3) is 0 Å². The molecule has 3 N–H and O–H groups in total. The normalized spacial score (nSPS) is 11.7. The molecule has 0 bridgehead atoms. The minimum absolute atomic E-state index is 0.164. The summed E-state index contributed by atoms with van der Waals surface area (Å²) in [6.07, 6.45) is 0.213. The summed E-state index contributed by atoms with van der Waals surface area (Å²) in [5.41, 5.74) is 3.12. The standard InChI is InChI=1S/C38H43N3O5/c1-38(2,3)46-32-23-21-28(22-24-32)26-40-35(42)33(20-13-25-39-37(44)45-27-29-14-7-4-8-15-29)41-36(43)34(30-16-9-5-10-17-30)31-18-11-6-12-19-31/h4-12,14-19,21-24,33-34H,13,20,25-27H2,1-3H3,(H,39,44)(H,40,42)(H,41,43)/t33-/m1/s1. The second-order valence-electron chi connectivity index (χ2n) is 12.0. The van der Waals surface area contributed by atoms with Crippen LogP contribution in [-0.4, -0.2) is 36.1 Å². The average molecular weight is 622 g/mol. The Kier molecular flexibility index (Phi) is 12.4. The summed E-state index contributed by atoms with van der Waals surface area (Å²) >= 11 is 0. The third-order valence-electron chi connectivity index (χ3n) is 7.13. The van der Waals surface area contributed by atoms with Gasteiger partial charge in [-0.2, -0.15) is 0 Å². The van der Waals surface area contributed by atoms with Gasteiger partial charge in [-0.1, -0.05) is 103 Å². The maximum absolute atomic E-state index is 13.9. The van der Waals surface area contributed by atoms with E-state index in [0.29, 0.717) is 12.8 Å². The van der Waals surface area contributed by atoms with Gasteiger partial charge in [0.15, 0.2) is 0 Å². The number of carbonyl (C=O) groups is 3. The Morgan fingerprint density at radius 3 is 1.80 bits per heavy atom. The van der Waals surface area contributed by atoms with E-state index in [1.807, 2.05) is 136 Å². The Morgan fingerprint density at radius 2 is 1.24 bits per heavy atom. The van der Waals surface area contributed by atoms with Crippen LogP contribution >= 0.6 is 0 Å². The first-order valence-corrected chi connectivity index (χ1v) is 15.6. The molecule has 0 radical (unpaired) electrons. The zero-order valence-corrected chi connectivity index (χ0v) is 26.7. The van der Waals surface area contributed by atoms with Crippen molar-refractivity contribution in [2.24, 2.45) is 0 Å². The summed E-state index contributed by atoms with van der Waals surface area (Å²) in [5.74, 6) is -0.444. The van der Waals surface area contributed by atoms with Crippen molar-refractivity contribution in [3.05, 3.63) is 138 Å². The Labute approximate surface area is 271 Å². The topological polar surface area (TPSA) is 106 Å². The second-order valence-corrected chi connectivity index (χ2v) is 12.0. The molecule has 8 nitrogen and oxygen atoms in total. The first-order valence-electron chi connectivity index (χ1n) is 15.6. The third-order valence-corrected chi connectivity index (χ3v) is 7.13. The lowest BCUT2D eigenvalue weighted by atomic mass is 9.90. The molecule has 1 atom stereocenters. The average Bonchev–Trinajstić information content (AvgIpc) is 3.05. The molecule has 0 aliphatic heterocycles. The second kappa shape index (κ2) is 16.8. The van der Waals surface area contributed by atoms with Gasteiger partial charge in [0.05, 0.1) is 5.92 Å². The van der Waals surface area contributed by atoms with E-state index in [-0.39, 0.29) is 37.1 Å². The van der Waals surface area contributed by atoms with E-state index in [1.165, 1.54) is 0 Å². The molecule has 8 heteroatoms. The Balaban J connectivity index is 1.40. The lowest BCUT2D eigenvalue weighted by Crippen LogP contribution is -2.48. The molecule has 0 unspecified atom stereocenters. The zero-order chi connectivity index (χ0) is 32.8. The predicted octanol–water partition coefficient (Wildman–Crippen LogP) is 6.50. The van der Waals surface area contributed by atoms with Crippen LogP contribution in [-0.2, 0) is 27.5 Å². The van der Waals surface area contributed by atoms with E-state index < -0.39 is 18.1 Å². The molecule has 4 aromatic rings. The molecule has 0 saturated carbocycles. The van der Waals surface area contributed by atoms with E-state index in [4.69, 9.17) is 9.47 Å².